The lowest BCUT2D eigenvalue weighted by molar-refractivity contribution is 0.283. The van der Waals surface area contributed by atoms with Crippen LogP contribution in [0, 0.1) is 17.7 Å². The van der Waals surface area contributed by atoms with Gasteiger partial charge in [-0.3, -0.25) is 4.39 Å². The third kappa shape index (κ3) is 4.95. The Balaban J connectivity index is 1.41. The number of halogens is 2. The lowest BCUT2D eigenvalue weighted by atomic mass is 9.77. The Morgan fingerprint density at radius 1 is 0.733 bits per heavy atom. The molecule has 2 aromatic rings. The standard InChI is InChI=1S/C28H36F2/c1-2-20-3-7-22(8-4-20)23-11-13-25(14-12-23)27-16-15-26(19-28(27)30)24-9-5-21(6-10-24)17-18-29/h11-16,19-22,24H,2-10,17-18H2,1H3/t20-,21-,22-,24-. The van der Waals surface area contributed by atoms with Crippen molar-refractivity contribution in [3.05, 3.63) is 59.4 Å². The Labute approximate surface area is 181 Å². The highest BCUT2D eigenvalue weighted by Crippen LogP contribution is 2.39. The normalized spacial score (nSPS) is 27.2. The molecule has 0 N–H and O–H groups in total. The van der Waals surface area contributed by atoms with E-state index < -0.39 is 0 Å². The van der Waals surface area contributed by atoms with Crippen molar-refractivity contribution in [2.24, 2.45) is 11.8 Å². The van der Waals surface area contributed by atoms with E-state index in [9.17, 15) is 8.78 Å². The molecule has 0 nitrogen and oxygen atoms in total. The van der Waals surface area contributed by atoms with Gasteiger partial charge in [-0.25, -0.2) is 4.39 Å². The molecule has 0 radical (unpaired) electrons. The molecule has 0 atom stereocenters. The van der Waals surface area contributed by atoms with Gasteiger partial charge in [-0.15, -0.1) is 0 Å². The molecule has 2 aliphatic rings. The first-order valence-corrected chi connectivity index (χ1v) is 12.1. The molecule has 0 heterocycles. The van der Waals surface area contributed by atoms with Crippen molar-refractivity contribution in [1.82, 2.24) is 0 Å². The number of rotatable bonds is 6. The minimum Gasteiger partial charge on any atom is -0.251 e. The van der Waals surface area contributed by atoms with Crippen LogP contribution in [0.1, 0.15) is 94.1 Å². The number of benzene rings is 2. The molecule has 2 fully saturated rings. The molecule has 4 rings (SSSR count). The van der Waals surface area contributed by atoms with Crippen molar-refractivity contribution in [2.45, 2.75) is 83.0 Å². The molecule has 0 aliphatic heterocycles. The van der Waals surface area contributed by atoms with E-state index in [0.29, 0.717) is 29.7 Å². The fraction of sp³-hybridized carbons (Fsp3) is 0.571. The smallest absolute Gasteiger partial charge is 0.131 e. The van der Waals surface area contributed by atoms with Crippen molar-refractivity contribution in [3.63, 3.8) is 0 Å². The number of alkyl halides is 1. The second-order valence-electron chi connectivity index (χ2n) is 9.68. The van der Waals surface area contributed by atoms with Gasteiger partial charge in [0.05, 0.1) is 6.67 Å². The Kier molecular flexibility index (Phi) is 7.23. The van der Waals surface area contributed by atoms with Crippen molar-refractivity contribution in [3.8, 4) is 11.1 Å². The molecule has 0 spiro atoms. The largest absolute Gasteiger partial charge is 0.251 e. The monoisotopic (exact) mass is 410 g/mol. The molecule has 0 unspecified atom stereocenters. The zero-order chi connectivity index (χ0) is 20.9. The fourth-order valence-corrected chi connectivity index (χ4v) is 5.80. The molecule has 2 heteroatoms. The van der Waals surface area contributed by atoms with E-state index in [0.717, 1.165) is 42.7 Å². The molecule has 2 saturated carbocycles. The van der Waals surface area contributed by atoms with Gasteiger partial charge in [-0.2, -0.15) is 0 Å². The van der Waals surface area contributed by atoms with Crippen LogP contribution in [0.5, 0.6) is 0 Å². The molecule has 30 heavy (non-hydrogen) atoms. The van der Waals surface area contributed by atoms with Crippen molar-refractivity contribution in [1.29, 1.82) is 0 Å². The summed E-state index contributed by atoms with van der Waals surface area (Å²) in [5.74, 6) is 2.40. The van der Waals surface area contributed by atoms with Crippen LogP contribution >= 0.6 is 0 Å². The van der Waals surface area contributed by atoms with Gasteiger partial charge in [-0.1, -0.05) is 49.7 Å². The van der Waals surface area contributed by atoms with Gasteiger partial charge in [0.15, 0.2) is 0 Å². The maximum absolute atomic E-state index is 15.0. The number of hydrogen-bond acceptors (Lipinski definition) is 0. The lowest BCUT2D eigenvalue weighted by Gasteiger charge is -2.28. The maximum Gasteiger partial charge on any atom is 0.131 e. The molecule has 0 aromatic heterocycles. The minimum absolute atomic E-state index is 0.116. The van der Waals surface area contributed by atoms with Crippen molar-refractivity contribution in [2.75, 3.05) is 6.67 Å². The van der Waals surface area contributed by atoms with Crippen LogP contribution in [-0.2, 0) is 0 Å². The SMILES string of the molecule is CC[C@H]1CC[C@H](c2ccc(-c3ccc([C@H]4CC[C@H](CCF)CC4)cc3F)cc2)CC1. The van der Waals surface area contributed by atoms with Crippen LogP contribution in [-0.4, -0.2) is 6.67 Å². The molecule has 2 aromatic carbocycles. The summed E-state index contributed by atoms with van der Waals surface area (Å²) in [5.41, 5.74) is 4.19. The van der Waals surface area contributed by atoms with Gasteiger partial charge >= 0.3 is 0 Å². The topological polar surface area (TPSA) is 0 Å². The zero-order valence-electron chi connectivity index (χ0n) is 18.4. The van der Waals surface area contributed by atoms with E-state index in [1.54, 1.807) is 6.07 Å². The highest BCUT2D eigenvalue weighted by molar-refractivity contribution is 5.65. The summed E-state index contributed by atoms with van der Waals surface area (Å²) in [5, 5.41) is 0. The van der Waals surface area contributed by atoms with Gasteiger partial charge in [0, 0.05) is 5.56 Å². The van der Waals surface area contributed by atoms with E-state index in [4.69, 9.17) is 0 Å². The summed E-state index contributed by atoms with van der Waals surface area (Å²) >= 11 is 0. The second-order valence-corrected chi connectivity index (χ2v) is 9.68. The molecule has 0 bridgehead atoms. The third-order valence-electron chi connectivity index (χ3n) is 7.95. The molecule has 0 saturated heterocycles. The van der Waals surface area contributed by atoms with Crippen LogP contribution in [0.4, 0.5) is 8.78 Å². The zero-order valence-corrected chi connectivity index (χ0v) is 18.4. The first-order valence-electron chi connectivity index (χ1n) is 12.1. The highest BCUT2D eigenvalue weighted by atomic mass is 19.1. The van der Waals surface area contributed by atoms with Crippen LogP contribution in [0.2, 0.25) is 0 Å². The molecule has 162 valence electrons. The minimum atomic E-state index is -0.211. The highest BCUT2D eigenvalue weighted by Gasteiger charge is 2.24. The Hall–Kier alpha value is -1.70. The number of hydrogen-bond donors (Lipinski definition) is 0. The first kappa shape index (κ1) is 21.5. The van der Waals surface area contributed by atoms with E-state index in [2.05, 4.69) is 37.3 Å². The molecule has 0 amide bonds. The van der Waals surface area contributed by atoms with E-state index in [-0.39, 0.29) is 12.5 Å². The third-order valence-corrected chi connectivity index (χ3v) is 7.95. The van der Waals surface area contributed by atoms with Gasteiger partial charge in [0.25, 0.3) is 0 Å². The predicted molar refractivity (Wildman–Crippen MR) is 122 cm³/mol. The Morgan fingerprint density at radius 2 is 1.30 bits per heavy atom. The van der Waals surface area contributed by atoms with Gasteiger partial charge in [0.1, 0.15) is 5.82 Å². The van der Waals surface area contributed by atoms with Crippen LogP contribution in [0.3, 0.4) is 0 Å². The van der Waals surface area contributed by atoms with Gasteiger partial charge in [0.2, 0.25) is 0 Å². The predicted octanol–water partition coefficient (Wildman–Crippen LogP) is 8.81. The van der Waals surface area contributed by atoms with Crippen LogP contribution in [0.15, 0.2) is 42.5 Å². The summed E-state index contributed by atoms with van der Waals surface area (Å²) in [6, 6.07) is 14.4. The maximum atomic E-state index is 15.0. The van der Waals surface area contributed by atoms with Gasteiger partial charge in [-0.05, 0) is 104 Å². The van der Waals surface area contributed by atoms with Crippen molar-refractivity contribution < 1.29 is 8.78 Å². The average molecular weight is 411 g/mol. The van der Waals surface area contributed by atoms with E-state index >= 15 is 0 Å². The Bertz CT molecular complexity index is 794. The van der Waals surface area contributed by atoms with E-state index in [1.165, 1.54) is 37.7 Å². The summed E-state index contributed by atoms with van der Waals surface area (Å²) in [7, 11) is 0. The quantitative estimate of drug-likeness (QED) is 0.446. The summed E-state index contributed by atoms with van der Waals surface area (Å²) in [4.78, 5) is 0. The second kappa shape index (κ2) is 10.1. The van der Waals surface area contributed by atoms with Crippen LogP contribution < -0.4 is 0 Å². The molecular formula is C28H36F2. The summed E-state index contributed by atoms with van der Waals surface area (Å²) in [6.07, 6.45) is 11.5. The summed E-state index contributed by atoms with van der Waals surface area (Å²) in [6.45, 7) is 2.09. The van der Waals surface area contributed by atoms with Crippen LogP contribution in [0.25, 0.3) is 11.1 Å². The van der Waals surface area contributed by atoms with Gasteiger partial charge < -0.3 is 0 Å². The molecule has 2 aliphatic carbocycles. The summed E-state index contributed by atoms with van der Waals surface area (Å²) < 4.78 is 27.5. The lowest BCUT2D eigenvalue weighted by Crippen LogP contribution is -2.14. The Morgan fingerprint density at radius 3 is 1.87 bits per heavy atom. The van der Waals surface area contributed by atoms with E-state index in [1.807, 2.05) is 6.07 Å². The fourth-order valence-electron chi connectivity index (χ4n) is 5.80. The van der Waals surface area contributed by atoms with Crippen molar-refractivity contribution >= 4 is 0 Å². The molecular weight excluding hydrogens is 374 g/mol. The first-order chi connectivity index (χ1) is 14.7. The average Bonchev–Trinajstić information content (AvgIpc) is 2.80.